The Hall–Kier alpha value is -1.91. The summed E-state index contributed by atoms with van der Waals surface area (Å²) in [5, 5.41) is 3.25. The molecular weight excluding hydrogens is 256 g/mol. The maximum atomic E-state index is 12.0. The molecule has 2 aliphatic carbocycles. The molecule has 5 heteroatoms. The summed E-state index contributed by atoms with van der Waals surface area (Å²) >= 11 is 0. The predicted octanol–water partition coefficient (Wildman–Crippen LogP) is 2.32. The topological polar surface area (TPSA) is 68.3 Å². The van der Waals surface area contributed by atoms with Gasteiger partial charge in [-0.25, -0.2) is 9.78 Å². The van der Waals surface area contributed by atoms with E-state index in [1.165, 1.54) is 19.0 Å². The van der Waals surface area contributed by atoms with E-state index in [0.717, 1.165) is 18.7 Å². The van der Waals surface area contributed by atoms with Crippen molar-refractivity contribution in [1.29, 1.82) is 0 Å². The van der Waals surface area contributed by atoms with Crippen molar-refractivity contribution in [2.75, 3.05) is 5.32 Å². The van der Waals surface area contributed by atoms with Crippen LogP contribution < -0.4 is 5.32 Å². The molecule has 0 bridgehead atoms. The maximum Gasteiger partial charge on any atom is 0.340 e. The molecule has 0 saturated heterocycles. The van der Waals surface area contributed by atoms with E-state index in [0.29, 0.717) is 24.4 Å². The van der Waals surface area contributed by atoms with Gasteiger partial charge in [0, 0.05) is 18.7 Å². The molecular formula is C15H18N2O3. The molecule has 0 unspecified atom stereocenters. The standard InChI is InChI=1S/C15H18N2O3/c18-12-3-1-2-4-13(12)20-15(19)10-5-8-14(16-9-10)17-11-6-7-11/h5,8-9,11,13H,1-4,6-7H2,(H,16,17)/t13-/m0/s1. The van der Waals surface area contributed by atoms with Crippen molar-refractivity contribution in [2.24, 2.45) is 0 Å². The number of anilines is 1. The first-order valence-corrected chi connectivity index (χ1v) is 7.18. The molecule has 1 N–H and O–H groups in total. The number of hydrogen-bond donors (Lipinski definition) is 1. The van der Waals surface area contributed by atoms with E-state index < -0.39 is 12.1 Å². The summed E-state index contributed by atoms with van der Waals surface area (Å²) in [6, 6.07) is 3.99. The highest BCUT2D eigenvalue weighted by atomic mass is 16.5. The highest BCUT2D eigenvalue weighted by Crippen LogP contribution is 2.24. The van der Waals surface area contributed by atoms with Crippen molar-refractivity contribution in [3.05, 3.63) is 23.9 Å². The van der Waals surface area contributed by atoms with Gasteiger partial charge in [0.2, 0.25) is 0 Å². The van der Waals surface area contributed by atoms with E-state index in [2.05, 4.69) is 10.3 Å². The van der Waals surface area contributed by atoms with E-state index in [1.54, 1.807) is 12.1 Å². The first-order valence-electron chi connectivity index (χ1n) is 7.18. The highest BCUT2D eigenvalue weighted by Gasteiger charge is 2.26. The van der Waals surface area contributed by atoms with Crippen molar-refractivity contribution in [2.45, 2.75) is 50.7 Å². The molecule has 2 saturated carbocycles. The zero-order valence-corrected chi connectivity index (χ0v) is 11.3. The molecule has 2 aliphatic rings. The second kappa shape index (κ2) is 5.61. The quantitative estimate of drug-likeness (QED) is 0.853. The Morgan fingerprint density at radius 3 is 2.75 bits per heavy atom. The molecule has 0 spiro atoms. The van der Waals surface area contributed by atoms with Crippen molar-refractivity contribution >= 4 is 17.6 Å². The van der Waals surface area contributed by atoms with Gasteiger partial charge in [0.15, 0.2) is 11.9 Å². The maximum absolute atomic E-state index is 12.0. The lowest BCUT2D eigenvalue weighted by Gasteiger charge is -2.20. The van der Waals surface area contributed by atoms with Crippen LogP contribution in [0.4, 0.5) is 5.82 Å². The lowest BCUT2D eigenvalue weighted by atomic mass is 9.96. The monoisotopic (exact) mass is 274 g/mol. The van der Waals surface area contributed by atoms with Crippen LogP contribution in [0.1, 0.15) is 48.9 Å². The second-order valence-electron chi connectivity index (χ2n) is 5.46. The lowest BCUT2D eigenvalue weighted by Crippen LogP contribution is -2.30. The van der Waals surface area contributed by atoms with E-state index in [4.69, 9.17) is 4.74 Å². The van der Waals surface area contributed by atoms with Crippen molar-refractivity contribution in [3.63, 3.8) is 0 Å². The van der Waals surface area contributed by atoms with Gasteiger partial charge in [-0.3, -0.25) is 4.79 Å². The van der Waals surface area contributed by atoms with Gasteiger partial charge in [0.25, 0.3) is 0 Å². The van der Waals surface area contributed by atoms with Crippen LogP contribution >= 0.6 is 0 Å². The fraction of sp³-hybridized carbons (Fsp3) is 0.533. The molecule has 0 aromatic carbocycles. The number of aromatic nitrogens is 1. The second-order valence-corrected chi connectivity index (χ2v) is 5.46. The minimum Gasteiger partial charge on any atom is -0.451 e. The van der Waals surface area contributed by atoms with Crippen molar-refractivity contribution in [3.8, 4) is 0 Å². The fourth-order valence-electron chi connectivity index (χ4n) is 2.31. The Balaban J connectivity index is 1.59. The first-order chi connectivity index (χ1) is 9.72. The average molecular weight is 274 g/mol. The van der Waals surface area contributed by atoms with Crippen LogP contribution in [-0.4, -0.2) is 28.9 Å². The lowest BCUT2D eigenvalue weighted by molar-refractivity contribution is -0.129. The van der Waals surface area contributed by atoms with E-state index in [-0.39, 0.29) is 5.78 Å². The molecule has 1 atom stereocenters. The molecule has 1 heterocycles. The Bertz CT molecular complexity index is 508. The first kappa shape index (κ1) is 13.1. The van der Waals surface area contributed by atoms with Gasteiger partial charge in [0.05, 0.1) is 5.56 Å². The minimum atomic E-state index is -0.569. The molecule has 2 fully saturated rings. The van der Waals surface area contributed by atoms with Crippen molar-refractivity contribution < 1.29 is 14.3 Å². The number of rotatable bonds is 4. The number of esters is 1. The summed E-state index contributed by atoms with van der Waals surface area (Å²) in [6.45, 7) is 0. The molecule has 1 aromatic heterocycles. The number of Topliss-reactive ketones (excluding diaryl/α,β-unsaturated/α-hetero) is 1. The normalized spacial score (nSPS) is 22.4. The van der Waals surface area contributed by atoms with Crippen LogP contribution in [0.5, 0.6) is 0 Å². The van der Waals surface area contributed by atoms with Crippen LogP contribution in [0.15, 0.2) is 18.3 Å². The zero-order valence-electron chi connectivity index (χ0n) is 11.3. The van der Waals surface area contributed by atoms with Crippen LogP contribution in [0.3, 0.4) is 0 Å². The molecule has 1 aromatic rings. The number of hydrogen-bond acceptors (Lipinski definition) is 5. The highest BCUT2D eigenvalue weighted by molar-refractivity contribution is 5.92. The minimum absolute atomic E-state index is 0.0320. The van der Waals surface area contributed by atoms with Gasteiger partial charge in [-0.05, 0) is 44.2 Å². The zero-order chi connectivity index (χ0) is 13.9. The van der Waals surface area contributed by atoms with E-state index in [1.807, 2.05) is 0 Å². The number of ether oxygens (including phenoxy) is 1. The van der Waals surface area contributed by atoms with Crippen LogP contribution in [0, 0.1) is 0 Å². The summed E-state index contributed by atoms with van der Waals surface area (Å²) in [6.07, 6.45) is 6.27. The Kier molecular flexibility index (Phi) is 3.67. The summed E-state index contributed by atoms with van der Waals surface area (Å²) in [5.41, 5.74) is 0.393. The molecule has 3 rings (SSSR count). The molecule has 5 nitrogen and oxygen atoms in total. The van der Waals surface area contributed by atoms with Gasteiger partial charge in [-0.1, -0.05) is 0 Å². The molecule has 20 heavy (non-hydrogen) atoms. The Morgan fingerprint density at radius 2 is 2.10 bits per heavy atom. The molecule has 0 aliphatic heterocycles. The van der Waals surface area contributed by atoms with Crippen LogP contribution in [0.25, 0.3) is 0 Å². The van der Waals surface area contributed by atoms with Gasteiger partial charge < -0.3 is 10.1 Å². The predicted molar refractivity (Wildman–Crippen MR) is 73.6 cm³/mol. The van der Waals surface area contributed by atoms with Gasteiger partial charge in [-0.15, -0.1) is 0 Å². The number of carbonyl (C=O) groups is 2. The summed E-state index contributed by atoms with van der Waals surface area (Å²) < 4.78 is 5.27. The average Bonchev–Trinajstić information content (AvgIpc) is 3.26. The van der Waals surface area contributed by atoms with E-state index in [9.17, 15) is 9.59 Å². The summed E-state index contributed by atoms with van der Waals surface area (Å²) in [4.78, 5) is 27.8. The number of pyridine rings is 1. The number of nitrogens with zero attached hydrogens (tertiary/aromatic N) is 1. The molecule has 0 amide bonds. The smallest absolute Gasteiger partial charge is 0.340 e. The SMILES string of the molecule is O=C(O[C@H]1CCCCC1=O)c1ccc(NC2CC2)nc1. The number of carbonyl (C=O) groups excluding carboxylic acids is 2. The summed E-state index contributed by atoms with van der Waals surface area (Å²) in [5.74, 6) is 0.345. The van der Waals surface area contributed by atoms with Gasteiger partial charge in [-0.2, -0.15) is 0 Å². The van der Waals surface area contributed by atoms with Crippen LogP contribution in [-0.2, 0) is 9.53 Å². The third-order valence-electron chi connectivity index (χ3n) is 3.68. The fourth-order valence-corrected chi connectivity index (χ4v) is 2.31. The number of ketones is 1. The molecule has 0 radical (unpaired) electrons. The van der Waals surface area contributed by atoms with E-state index >= 15 is 0 Å². The largest absolute Gasteiger partial charge is 0.451 e. The third-order valence-corrected chi connectivity index (χ3v) is 3.68. The van der Waals surface area contributed by atoms with Crippen molar-refractivity contribution in [1.82, 2.24) is 4.98 Å². The number of nitrogens with one attached hydrogen (secondary N) is 1. The Morgan fingerprint density at radius 1 is 1.25 bits per heavy atom. The third kappa shape index (κ3) is 3.15. The van der Waals surface area contributed by atoms with Crippen LogP contribution in [0.2, 0.25) is 0 Å². The summed E-state index contributed by atoms with van der Waals surface area (Å²) in [7, 11) is 0. The molecule has 106 valence electrons. The Labute approximate surface area is 117 Å². The van der Waals surface area contributed by atoms with Gasteiger partial charge in [0.1, 0.15) is 5.82 Å². The van der Waals surface area contributed by atoms with Gasteiger partial charge >= 0.3 is 5.97 Å².